The number of nitrogen functional groups attached to an aromatic ring is 1. The van der Waals surface area contributed by atoms with E-state index in [1.165, 1.54) is 23.8 Å². The molecule has 3 N–H and O–H groups in total. The fourth-order valence-electron chi connectivity index (χ4n) is 3.22. The Morgan fingerprint density at radius 1 is 1.10 bits per heavy atom. The van der Waals surface area contributed by atoms with Crippen LogP contribution in [0.15, 0.2) is 64.2 Å². The summed E-state index contributed by atoms with van der Waals surface area (Å²) in [6.07, 6.45) is 0. The standard InChI is InChI=1S/C21H23N5O5/c1-31-12-11-24(13-16-7-9-17(10-8-16)26(29)30)18-19(22)25(21(28)23-20(18)27)14-15-5-3-2-4-6-15/h2-10H,11-14,22H2,1H3,(H,23,27,28). The van der Waals surface area contributed by atoms with Gasteiger partial charge < -0.3 is 15.4 Å². The molecule has 10 heteroatoms. The summed E-state index contributed by atoms with van der Waals surface area (Å²) in [5, 5.41) is 10.9. The number of H-pyrrole nitrogens is 1. The van der Waals surface area contributed by atoms with E-state index in [-0.39, 0.29) is 30.3 Å². The Hall–Kier alpha value is -3.92. The van der Waals surface area contributed by atoms with E-state index >= 15 is 0 Å². The van der Waals surface area contributed by atoms with Gasteiger partial charge in [-0.05, 0) is 11.1 Å². The number of rotatable bonds is 9. The van der Waals surface area contributed by atoms with Crippen LogP contribution in [0.5, 0.6) is 0 Å². The first-order valence-electron chi connectivity index (χ1n) is 9.54. The van der Waals surface area contributed by atoms with Crippen molar-refractivity contribution in [3.05, 3.63) is 96.7 Å². The number of non-ortho nitro benzene ring substituents is 1. The number of nitrogens with zero attached hydrogens (tertiary/aromatic N) is 3. The molecule has 0 spiro atoms. The minimum Gasteiger partial charge on any atom is -0.383 e. The predicted molar refractivity (Wildman–Crippen MR) is 117 cm³/mol. The Balaban J connectivity index is 2.00. The number of nitrogens with one attached hydrogen (secondary N) is 1. The van der Waals surface area contributed by atoms with E-state index in [1.54, 1.807) is 17.0 Å². The summed E-state index contributed by atoms with van der Waals surface area (Å²) < 4.78 is 6.47. The van der Waals surface area contributed by atoms with Gasteiger partial charge in [0.05, 0.1) is 18.1 Å². The van der Waals surface area contributed by atoms with Crippen molar-refractivity contribution in [1.82, 2.24) is 9.55 Å². The summed E-state index contributed by atoms with van der Waals surface area (Å²) in [6, 6.07) is 15.3. The van der Waals surface area contributed by atoms with Gasteiger partial charge in [-0.2, -0.15) is 0 Å². The minimum absolute atomic E-state index is 0.0269. The van der Waals surface area contributed by atoms with Crippen molar-refractivity contribution in [3.8, 4) is 0 Å². The number of ether oxygens (including phenoxy) is 1. The number of aromatic nitrogens is 2. The molecule has 0 amide bonds. The Kier molecular flexibility index (Phi) is 6.83. The van der Waals surface area contributed by atoms with Gasteiger partial charge in [0.1, 0.15) is 11.5 Å². The second-order valence-electron chi connectivity index (χ2n) is 6.90. The number of hydrogen-bond acceptors (Lipinski definition) is 7. The molecule has 1 aromatic heterocycles. The van der Waals surface area contributed by atoms with Gasteiger partial charge >= 0.3 is 5.69 Å². The van der Waals surface area contributed by atoms with E-state index in [2.05, 4.69) is 4.98 Å². The Morgan fingerprint density at radius 3 is 2.39 bits per heavy atom. The molecule has 0 aliphatic carbocycles. The molecular formula is C21H23N5O5. The third-order valence-electron chi connectivity index (χ3n) is 4.80. The van der Waals surface area contributed by atoms with E-state index in [0.717, 1.165) is 11.1 Å². The number of nitrogens with two attached hydrogens (primary N) is 1. The highest BCUT2D eigenvalue weighted by Crippen LogP contribution is 2.21. The zero-order valence-electron chi connectivity index (χ0n) is 17.0. The van der Waals surface area contributed by atoms with Crippen LogP contribution < -0.4 is 21.9 Å². The van der Waals surface area contributed by atoms with Gasteiger partial charge in [0.15, 0.2) is 0 Å². The fourth-order valence-corrected chi connectivity index (χ4v) is 3.22. The number of benzene rings is 2. The lowest BCUT2D eigenvalue weighted by Crippen LogP contribution is -2.39. The van der Waals surface area contributed by atoms with Crippen LogP contribution in [0.25, 0.3) is 0 Å². The molecule has 3 rings (SSSR count). The molecule has 2 aromatic carbocycles. The van der Waals surface area contributed by atoms with Crippen molar-refractivity contribution in [1.29, 1.82) is 0 Å². The molecule has 0 fully saturated rings. The number of methoxy groups -OCH3 is 1. The zero-order valence-corrected chi connectivity index (χ0v) is 17.0. The lowest BCUT2D eigenvalue weighted by Gasteiger charge is -2.26. The molecule has 0 radical (unpaired) electrons. The third kappa shape index (κ3) is 5.17. The predicted octanol–water partition coefficient (Wildman–Crippen LogP) is 1.73. The SMILES string of the molecule is COCCN(Cc1ccc([N+](=O)[O-])cc1)c1c(N)n(Cc2ccccc2)c(=O)[nH]c1=O. The molecule has 31 heavy (non-hydrogen) atoms. The van der Waals surface area contributed by atoms with Crippen LogP contribution in [-0.2, 0) is 17.8 Å². The second kappa shape index (κ2) is 9.72. The van der Waals surface area contributed by atoms with Crippen molar-refractivity contribution >= 4 is 17.2 Å². The summed E-state index contributed by atoms with van der Waals surface area (Å²) in [5.74, 6) is 0.0376. The highest BCUT2D eigenvalue weighted by Gasteiger charge is 2.20. The van der Waals surface area contributed by atoms with Crippen LogP contribution in [0.2, 0.25) is 0 Å². The van der Waals surface area contributed by atoms with E-state index in [4.69, 9.17) is 10.5 Å². The number of nitro groups is 1. The van der Waals surface area contributed by atoms with Gasteiger partial charge in [-0.3, -0.25) is 24.5 Å². The Bertz CT molecular complexity index is 1160. The Morgan fingerprint density at radius 2 is 1.77 bits per heavy atom. The second-order valence-corrected chi connectivity index (χ2v) is 6.90. The first-order valence-corrected chi connectivity index (χ1v) is 9.54. The minimum atomic E-state index is -0.607. The topological polar surface area (TPSA) is 136 Å². The molecule has 0 saturated carbocycles. The normalized spacial score (nSPS) is 10.7. The first kappa shape index (κ1) is 21.8. The van der Waals surface area contributed by atoms with Gasteiger partial charge in [0.25, 0.3) is 11.2 Å². The van der Waals surface area contributed by atoms with E-state index < -0.39 is 16.2 Å². The van der Waals surface area contributed by atoms with Gasteiger partial charge in [0, 0.05) is 32.3 Å². The fraction of sp³-hybridized carbons (Fsp3) is 0.238. The molecule has 0 saturated heterocycles. The molecule has 10 nitrogen and oxygen atoms in total. The van der Waals surface area contributed by atoms with Crippen molar-refractivity contribution in [3.63, 3.8) is 0 Å². The zero-order chi connectivity index (χ0) is 22.4. The largest absolute Gasteiger partial charge is 0.383 e. The number of nitro benzene ring substituents is 1. The van der Waals surface area contributed by atoms with Gasteiger partial charge in [-0.15, -0.1) is 0 Å². The molecule has 0 atom stereocenters. The summed E-state index contributed by atoms with van der Waals surface area (Å²) in [6.45, 7) is 1.08. The monoisotopic (exact) mass is 425 g/mol. The lowest BCUT2D eigenvalue weighted by molar-refractivity contribution is -0.384. The first-order chi connectivity index (χ1) is 14.9. The lowest BCUT2D eigenvalue weighted by atomic mass is 10.2. The van der Waals surface area contributed by atoms with Crippen LogP contribution in [-0.4, -0.2) is 34.7 Å². The van der Waals surface area contributed by atoms with Crippen LogP contribution >= 0.6 is 0 Å². The van der Waals surface area contributed by atoms with E-state index in [9.17, 15) is 19.7 Å². The quantitative estimate of drug-likeness (QED) is 0.393. The van der Waals surface area contributed by atoms with Crippen molar-refractivity contribution in [2.45, 2.75) is 13.1 Å². The van der Waals surface area contributed by atoms with Crippen LogP contribution in [0.3, 0.4) is 0 Å². The van der Waals surface area contributed by atoms with Crippen LogP contribution in [0, 0.1) is 10.1 Å². The maximum Gasteiger partial charge on any atom is 0.330 e. The van der Waals surface area contributed by atoms with Crippen LogP contribution in [0.1, 0.15) is 11.1 Å². The molecule has 162 valence electrons. The molecule has 0 bridgehead atoms. The number of hydrogen-bond donors (Lipinski definition) is 2. The average molecular weight is 425 g/mol. The molecule has 1 heterocycles. The highest BCUT2D eigenvalue weighted by atomic mass is 16.6. The summed E-state index contributed by atoms with van der Waals surface area (Å²) >= 11 is 0. The molecule has 0 aliphatic rings. The van der Waals surface area contributed by atoms with Crippen molar-refractivity contribution < 1.29 is 9.66 Å². The smallest absolute Gasteiger partial charge is 0.330 e. The van der Waals surface area contributed by atoms with Gasteiger partial charge in [0.2, 0.25) is 0 Å². The van der Waals surface area contributed by atoms with Crippen molar-refractivity contribution in [2.75, 3.05) is 30.9 Å². The summed E-state index contributed by atoms with van der Waals surface area (Å²) in [4.78, 5) is 39.6. The summed E-state index contributed by atoms with van der Waals surface area (Å²) in [7, 11) is 1.54. The Labute approximate surface area is 177 Å². The maximum absolute atomic E-state index is 12.7. The van der Waals surface area contributed by atoms with Gasteiger partial charge in [-0.25, -0.2) is 4.79 Å². The van der Waals surface area contributed by atoms with E-state index in [1.807, 2.05) is 30.3 Å². The van der Waals surface area contributed by atoms with E-state index in [0.29, 0.717) is 13.2 Å². The molecule has 0 unspecified atom stereocenters. The average Bonchev–Trinajstić information content (AvgIpc) is 2.75. The number of anilines is 2. The van der Waals surface area contributed by atoms with Gasteiger partial charge in [-0.1, -0.05) is 42.5 Å². The third-order valence-corrected chi connectivity index (χ3v) is 4.80. The number of aromatic amines is 1. The van der Waals surface area contributed by atoms with Crippen LogP contribution in [0.4, 0.5) is 17.2 Å². The molecule has 0 aliphatic heterocycles. The highest BCUT2D eigenvalue weighted by molar-refractivity contribution is 5.63. The maximum atomic E-state index is 12.7. The molecule has 3 aromatic rings. The molecular weight excluding hydrogens is 402 g/mol. The summed E-state index contributed by atoms with van der Waals surface area (Å²) in [5.41, 5.74) is 6.80. The van der Waals surface area contributed by atoms with Crippen molar-refractivity contribution in [2.24, 2.45) is 0 Å².